The molecule has 1 fully saturated rings. The molecule has 0 saturated carbocycles. The van der Waals surface area contributed by atoms with E-state index in [1.54, 1.807) is 0 Å². The molecule has 0 spiro atoms. The van der Waals surface area contributed by atoms with Crippen LogP contribution in [0.15, 0.2) is 0 Å². The molecule has 1 heterocycles. The van der Waals surface area contributed by atoms with Gasteiger partial charge in [0.15, 0.2) is 0 Å². The molecule has 0 aromatic heterocycles. The fraction of sp³-hybridized carbons (Fsp3) is 1.00. The molecule has 0 N–H and O–H groups in total. The Morgan fingerprint density at radius 1 is 0.733 bits per heavy atom. The minimum absolute atomic E-state index is 0.260. The lowest BCUT2D eigenvalue weighted by Crippen LogP contribution is -2.72. The first-order valence-corrected chi connectivity index (χ1v) is 3.31. The maximum Gasteiger partial charge on any atom is 0.439 e. The lowest BCUT2D eigenvalue weighted by atomic mass is 10.3. The zero-order chi connectivity index (χ0) is 12.3. The zero-order valence-corrected chi connectivity index (χ0v) is 6.88. The topological polar surface area (TPSA) is 12.5 Å². The predicted molar refractivity (Wildman–Crippen MR) is 28.6 cm³/mol. The molecule has 0 radical (unpaired) electrons. The van der Waals surface area contributed by atoms with Gasteiger partial charge in [-0.1, -0.05) is 0 Å². The Bertz CT molecular complexity index is 250. The molecular weight excluding hydrogens is 242 g/mol. The van der Waals surface area contributed by atoms with Crippen LogP contribution >= 0.6 is 0 Å². The van der Waals surface area contributed by atoms with Crippen molar-refractivity contribution in [3.63, 3.8) is 0 Å². The van der Waals surface area contributed by atoms with Crippen LogP contribution in [0.25, 0.3) is 0 Å². The predicted octanol–water partition coefficient (Wildman–Crippen LogP) is 2.32. The zero-order valence-electron chi connectivity index (χ0n) is 6.88. The minimum Gasteiger partial charge on any atom is -0.243 e. The van der Waals surface area contributed by atoms with Gasteiger partial charge in [-0.3, -0.25) is 0 Å². The Morgan fingerprint density at radius 3 is 1.27 bits per heavy atom. The fourth-order valence-electron chi connectivity index (χ4n) is 0.851. The fourth-order valence-corrected chi connectivity index (χ4v) is 0.851. The van der Waals surface area contributed by atoms with Crippen LogP contribution in [0.4, 0.5) is 35.1 Å². The first kappa shape index (κ1) is 12.4. The van der Waals surface area contributed by atoms with Crippen LogP contribution in [0, 0.1) is 0 Å². The highest BCUT2D eigenvalue weighted by atomic mass is 19.4. The van der Waals surface area contributed by atoms with Crippen LogP contribution in [0.2, 0.25) is 0 Å². The SMILES string of the molecule is CN1C(F)(F)C(F)(F)OC(F)(F)C1(F)F. The molecule has 1 aliphatic rings. The summed E-state index contributed by atoms with van der Waals surface area (Å²) >= 11 is 0. The van der Waals surface area contributed by atoms with E-state index < -0.39 is 29.2 Å². The van der Waals surface area contributed by atoms with Crippen LogP contribution in [0.3, 0.4) is 0 Å². The first-order valence-electron chi connectivity index (χ1n) is 3.31. The van der Waals surface area contributed by atoms with Crippen LogP contribution in [-0.2, 0) is 4.74 Å². The van der Waals surface area contributed by atoms with Crippen molar-refractivity contribution in [3.05, 3.63) is 0 Å². The van der Waals surface area contributed by atoms with E-state index in [4.69, 9.17) is 0 Å². The largest absolute Gasteiger partial charge is 0.439 e. The number of alkyl halides is 8. The lowest BCUT2D eigenvalue weighted by Gasteiger charge is -2.45. The second-order valence-corrected chi connectivity index (χ2v) is 2.78. The number of nitrogens with zero attached hydrogens (tertiary/aromatic N) is 1. The van der Waals surface area contributed by atoms with E-state index in [-0.39, 0.29) is 7.05 Å². The highest BCUT2D eigenvalue weighted by Crippen LogP contribution is 2.54. The van der Waals surface area contributed by atoms with Crippen molar-refractivity contribution < 1.29 is 39.9 Å². The lowest BCUT2D eigenvalue weighted by molar-refractivity contribution is -0.559. The molecule has 0 aliphatic carbocycles. The van der Waals surface area contributed by atoms with Gasteiger partial charge >= 0.3 is 24.3 Å². The van der Waals surface area contributed by atoms with E-state index in [9.17, 15) is 35.1 Å². The molecule has 1 rings (SSSR count). The van der Waals surface area contributed by atoms with Crippen molar-refractivity contribution in [2.45, 2.75) is 24.3 Å². The molecule has 0 bridgehead atoms. The minimum atomic E-state index is -5.70. The molecule has 0 atom stereocenters. The Hall–Kier alpha value is -0.640. The normalized spacial score (nSPS) is 32.6. The van der Waals surface area contributed by atoms with Crippen molar-refractivity contribution in [2.24, 2.45) is 0 Å². The number of morpholine rings is 1. The van der Waals surface area contributed by atoms with Crippen molar-refractivity contribution >= 4 is 0 Å². The van der Waals surface area contributed by atoms with Gasteiger partial charge in [0.1, 0.15) is 0 Å². The van der Waals surface area contributed by atoms with Crippen LogP contribution < -0.4 is 0 Å². The molecule has 0 aromatic carbocycles. The van der Waals surface area contributed by atoms with Gasteiger partial charge in [-0.25, -0.2) is 4.74 Å². The van der Waals surface area contributed by atoms with Gasteiger partial charge < -0.3 is 0 Å². The Kier molecular flexibility index (Phi) is 2.26. The van der Waals surface area contributed by atoms with Gasteiger partial charge in [-0.05, 0) is 7.05 Å². The van der Waals surface area contributed by atoms with E-state index in [1.165, 1.54) is 0 Å². The first-order chi connectivity index (χ1) is 6.36. The van der Waals surface area contributed by atoms with E-state index in [2.05, 4.69) is 4.74 Å². The molecule has 0 amide bonds. The van der Waals surface area contributed by atoms with Crippen molar-refractivity contribution in [1.82, 2.24) is 4.90 Å². The highest BCUT2D eigenvalue weighted by Gasteiger charge is 2.81. The summed E-state index contributed by atoms with van der Waals surface area (Å²) < 4.78 is 101. The molecule has 15 heavy (non-hydrogen) atoms. The number of hydrogen-bond acceptors (Lipinski definition) is 2. The van der Waals surface area contributed by atoms with Gasteiger partial charge in [-0.15, -0.1) is 0 Å². The summed E-state index contributed by atoms with van der Waals surface area (Å²) in [6, 6.07) is -11.1. The molecule has 0 aromatic rings. The Morgan fingerprint density at radius 2 is 1.00 bits per heavy atom. The summed E-state index contributed by atoms with van der Waals surface area (Å²) in [5, 5.41) is 0. The summed E-state index contributed by atoms with van der Waals surface area (Å²) in [6.07, 6.45) is -11.4. The molecule has 2 nitrogen and oxygen atoms in total. The summed E-state index contributed by atoms with van der Waals surface area (Å²) in [4.78, 5) is -1.72. The number of halogens is 8. The number of rotatable bonds is 0. The summed E-state index contributed by atoms with van der Waals surface area (Å²) in [5.41, 5.74) is 0. The smallest absolute Gasteiger partial charge is 0.243 e. The Labute approximate surface area is 77.4 Å². The third-order valence-electron chi connectivity index (χ3n) is 1.80. The third-order valence-corrected chi connectivity index (χ3v) is 1.80. The standard InChI is InChI=1S/C5H3F8NO/c1-14-2(6,7)4(10,11)15-5(12,13)3(14,8)9/h1H3. The van der Waals surface area contributed by atoms with Crippen LogP contribution in [-0.4, -0.2) is 36.3 Å². The van der Waals surface area contributed by atoms with Crippen molar-refractivity contribution in [1.29, 1.82) is 0 Å². The van der Waals surface area contributed by atoms with Gasteiger partial charge in [0, 0.05) is 0 Å². The van der Waals surface area contributed by atoms with E-state index in [0.717, 1.165) is 0 Å². The van der Waals surface area contributed by atoms with E-state index in [0.29, 0.717) is 0 Å². The molecular formula is C5H3F8NO. The van der Waals surface area contributed by atoms with Crippen LogP contribution in [0.1, 0.15) is 0 Å². The number of likely N-dealkylation sites (N-methyl/N-ethyl adjacent to an activating group) is 1. The molecule has 90 valence electrons. The van der Waals surface area contributed by atoms with Gasteiger partial charge in [0.2, 0.25) is 0 Å². The van der Waals surface area contributed by atoms with E-state index in [1.807, 2.05) is 0 Å². The molecule has 1 saturated heterocycles. The summed E-state index contributed by atoms with van der Waals surface area (Å²) in [5.74, 6) is 0. The maximum absolute atomic E-state index is 12.5. The van der Waals surface area contributed by atoms with E-state index >= 15 is 0 Å². The van der Waals surface area contributed by atoms with Crippen molar-refractivity contribution in [2.75, 3.05) is 7.05 Å². The maximum atomic E-state index is 12.5. The average Bonchev–Trinajstić information content (AvgIpc) is 1.98. The summed E-state index contributed by atoms with van der Waals surface area (Å²) in [6.45, 7) is 0. The van der Waals surface area contributed by atoms with Gasteiger partial charge in [0.05, 0.1) is 0 Å². The quantitative estimate of drug-likeness (QED) is 0.479. The Balaban J connectivity index is 3.24. The van der Waals surface area contributed by atoms with Crippen molar-refractivity contribution in [3.8, 4) is 0 Å². The van der Waals surface area contributed by atoms with Gasteiger partial charge in [0.25, 0.3) is 0 Å². The molecule has 10 heteroatoms. The van der Waals surface area contributed by atoms with Gasteiger partial charge in [-0.2, -0.15) is 40.0 Å². The highest BCUT2D eigenvalue weighted by molar-refractivity contribution is 4.92. The average molecular weight is 245 g/mol. The number of ether oxygens (including phenoxy) is 1. The monoisotopic (exact) mass is 245 g/mol. The molecule has 0 unspecified atom stereocenters. The summed E-state index contributed by atoms with van der Waals surface area (Å²) in [7, 11) is -0.260. The van der Waals surface area contributed by atoms with Crippen LogP contribution in [0.5, 0.6) is 0 Å². The second kappa shape index (κ2) is 2.73. The molecule has 1 aliphatic heterocycles. The number of hydrogen-bond donors (Lipinski definition) is 0. The third kappa shape index (κ3) is 1.38. The second-order valence-electron chi connectivity index (χ2n) is 2.78.